The highest BCUT2D eigenvalue weighted by molar-refractivity contribution is 5.94. The molecule has 1 aromatic heterocycles. The van der Waals surface area contributed by atoms with E-state index in [2.05, 4.69) is 32.7 Å². The first-order valence-corrected chi connectivity index (χ1v) is 13.6. The van der Waals surface area contributed by atoms with Crippen molar-refractivity contribution in [2.75, 3.05) is 24.6 Å². The number of rotatable bonds is 8. The fourth-order valence-corrected chi connectivity index (χ4v) is 5.61. The van der Waals surface area contributed by atoms with Crippen molar-refractivity contribution in [3.05, 3.63) is 83.1 Å². The van der Waals surface area contributed by atoms with Crippen LogP contribution in [0.2, 0.25) is 0 Å². The van der Waals surface area contributed by atoms with Crippen molar-refractivity contribution in [2.24, 2.45) is 5.92 Å². The molecule has 1 saturated carbocycles. The zero-order chi connectivity index (χ0) is 26.5. The molecular weight excluding hydrogens is 480 g/mol. The molecule has 8 nitrogen and oxygen atoms in total. The number of hydrogen-bond donors (Lipinski definition) is 4. The van der Waals surface area contributed by atoms with E-state index >= 15 is 0 Å². The Morgan fingerprint density at radius 2 is 1.87 bits per heavy atom. The molecule has 2 aromatic rings. The van der Waals surface area contributed by atoms with Gasteiger partial charge in [-0.3, -0.25) is 9.59 Å². The SMILES string of the molecule is O=C(NCC1=CC=CCC1)c1ccc(N2CCC(NC(=O)c3ccc(C(O)CO)cc3)CC3CCC32)nc1. The number of hydrogen-bond acceptors (Lipinski definition) is 6. The van der Waals surface area contributed by atoms with Crippen LogP contribution in [0.4, 0.5) is 5.82 Å². The van der Waals surface area contributed by atoms with Gasteiger partial charge in [-0.15, -0.1) is 0 Å². The molecule has 0 bridgehead atoms. The predicted molar refractivity (Wildman–Crippen MR) is 146 cm³/mol. The second-order valence-electron chi connectivity index (χ2n) is 10.5. The zero-order valence-corrected chi connectivity index (χ0v) is 21.6. The number of aromatic nitrogens is 1. The molecule has 1 saturated heterocycles. The molecule has 4 N–H and O–H groups in total. The van der Waals surface area contributed by atoms with Gasteiger partial charge in [0.25, 0.3) is 11.8 Å². The maximum absolute atomic E-state index is 12.9. The van der Waals surface area contributed by atoms with Crippen LogP contribution in [0.1, 0.15) is 70.9 Å². The highest BCUT2D eigenvalue weighted by atomic mass is 16.3. The fourth-order valence-electron chi connectivity index (χ4n) is 5.61. The fraction of sp³-hybridized carbons (Fsp3) is 0.433. The molecule has 0 spiro atoms. The quantitative estimate of drug-likeness (QED) is 0.428. The number of allylic oxidation sites excluding steroid dienone is 3. The molecule has 1 aliphatic heterocycles. The van der Waals surface area contributed by atoms with Gasteiger partial charge < -0.3 is 25.7 Å². The van der Waals surface area contributed by atoms with E-state index < -0.39 is 6.10 Å². The van der Waals surface area contributed by atoms with Gasteiger partial charge in [-0.2, -0.15) is 0 Å². The molecular formula is C30H36N4O4. The lowest BCUT2D eigenvalue weighted by Crippen LogP contribution is -2.47. The first kappa shape index (κ1) is 26.1. The van der Waals surface area contributed by atoms with Crippen LogP contribution in [-0.2, 0) is 0 Å². The summed E-state index contributed by atoms with van der Waals surface area (Å²) in [6.07, 6.45) is 12.9. The summed E-state index contributed by atoms with van der Waals surface area (Å²) >= 11 is 0. The van der Waals surface area contributed by atoms with Gasteiger partial charge in [-0.25, -0.2) is 4.98 Å². The second-order valence-corrected chi connectivity index (χ2v) is 10.5. The number of nitrogens with zero attached hydrogens (tertiary/aromatic N) is 2. The molecule has 2 aliphatic carbocycles. The largest absolute Gasteiger partial charge is 0.393 e. The molecule has 38 heavy (non-hydrogen) atoms. The van der Waals surface area contributed by atoms with Gasteiger partial charge in [0.1, 0.15) is 11.9 Å². The van der Waals surface area contributed by atoms with Gasteiger partial charge >= 0.3 is 0 Å². The van der Waals surface area contributed by atoms with Crippen LogP contribution in [0.5, 0.6) is 0 Å². The van der Waals surface area contributed by atoms with Crippen molar-refractivity contribution in [3.8, 4) is 0 Å². The second kappa shape index (κ2) is 11.9. The van der Waals surface area contributed by atoms with Crippen molar-refractivity contribution in [2.45, 2.75) is 56.7 Å². The van der Waals surface area contributed by atoms with E-state index in [1.165, 1.54) is 5.57 Å². The topological polar surface area (TPSA) is 115 Å². The van der Waals surface area contributed by atoms with E-state index in [4.69, 9.17) is 5.11 Å². The lowest BCUT2D eigenvalue weighted by molar-refractivity contribution is 0.0920. The highest BCUT2D eigenvalue weighted by Gasteiger charge is 2.40. The summed E-state index contributed by atoms with van der Waals surface area (Å²) in [7, 11) is 0. The van der Waals surface area contributed by atoms with Crippen LogP contribution in [-0.4, -0.2) is 58.8 Å². The lowest BCUT2D eigenvalue weighted by Gasteiger charge is -2.43. The summed E-state index contributed by atoms with van der Waals surface area (Å²) < 4.78 is 0. The van der Waals surface area contributed by atoms with Crippen LogP contribution in [0.25, 0.3) is 0 Å². The number of aliphatic hydroxyl groups is 2. The van der Waals surface area contributed by atoms with Gasteiger partial charge in [0, 0.05) is 36.9 Å². The molecule has 5 rings (SSSR count). The first-order chi connectivity index (χ1) is 18.5. The highest BCUT2D eigenvalue weighted by Crippen LogP contribution is 2.40. The minimum atomic E-state index is -0.940. The van der Waals surface area contributed by atoms with Crippen molar-refractivity contribution < 1.29 is 19.8 Å². The number of amides is 2. The summed E-state index contributed by atoms with van der Waals surface area (Å²) in [6, 6.07) is 11.0. The van der Waals surface area contributed by atoms with E-state index in [0.717, 1.165) is 50.9 Å². The van der Waals surface area contributed by atoms with E-state index in [1.54, 1.807) is 30.5 Å². The number of fused-ring (bicyclic) bond motifs is 1. The Kier molecular flexibility index (Phi) is 8.20. The third-order valence-electron chi connectivity index (χ3n) is 8.03. The molecule has 4 atom stereocenters. The van der Waals surface area contributed by atoms with Gasteiger partial charge in [0.05, 0.1) is 12.2 Å². The Morgan fingerprint density at radius 3 is 2.53 bits per heavy atom. The van der Waals surface area contributed by atoms with Crippen molar-refractivity contribution in [3.63, 3.8) is 0 Å². The normalized spacial score (nSPS) is 23.4. The van der Waals surface area contributed by atoms with E-state index in [0.29, 0.717) is 35.2 Å². The van der Waals surface area contributed by atoms with E-state index in [9.17, 15) is 14.7 Å². The number of carbonyl (C=O) groups excluding carboxylic acids is 2. The molecule has 0 radical (unpaired) electrons. The Balaban J connectivity index is 1.18. The smallest absolute Gasteiger partial charge is 0.253 e. The maximum atomic E-state index is 12.9. The summed E-state index contributed by atoms with van der Waals surface area (Å²) in [5.74, 6) is 1.13. The van der Waals surface area contributed by atoms with Gasteiger partial charge in [-0.05, 0) is 74.3 Å². The Hall–Kier alpha value is -3.49. The molecule has 3 aliphatic rings. The number of aliphatic hydroxyl groups excluding tert-OH is 2. The summed E-state index contributed by atoms with van der Waals surface area (Å²) in [5, 5.41) is 25.1. The van der Waals surface area contributed by atoms with E-state index in [-0.39, 0.29) is 24.5 Å². The molecule has 2 heterocycles. The maximum Gasteiger partial charge on any atom is 0.253 e. The molecule has 2 amide bonds. The van der Waals surface area contributed by atoms with Crippen LogP contribution in [0, 0.1) is 5.92 Å². The molecule has 200 valence electrons. The molecule has 2 fully saturated rings. The Morgan fingerprint density at radius 1 is 1.05 bits per heavy atom. The van der Waals surface area contributed by atoms with Gasteiger partial charge in [0.2, 0.25) is 0 Å². The molecule has 4 unspecified atom stereocenters. The summed E-state index contributed by atoms with van der Waals surface area (Å²) in [4.78, 5) is 32.5. The Bertz CT molecular complexity index is 1190. The van der Waals surface area contributed by atoms with Crippen LogP contribution in [0.15, 0.2) is 66.4 Å². The zero-order valence-electron chi connectivity index (χ0n) is 21.6. The number of pyridine rings is 1. The lowest BCUT2D eigenvalue weighted by atomic mass is 9.76. The standard InChI is InChI=1S/C30H36N4O4/c35-19-27(36)21-6-8-22(9-7-21)30(38)33-25-14-15-34(26-12-10-23(26)16-25)28-13-11-24(18-31-28)29(37)32-17-20-4-2-1-3-5-20/h1-2,4,6-9,11,13,18,23,25-27,35-36H,3,5,10,12,14-17,19H2,(H,32,37)(H,33,38). The predicted octanol–water partition coefficient (Wildman–Crippen LogP) is 3.29. The van der Waals surface area contributed by atoms with Crippen LogP contribution < -0.4 is 15.5 Å². The third kappa shape index (κ3) is 5.97. The minimum absolute atomic E-state index is 0.0667. The van der Waals surface area contributed by atoms with Gasteiger partial charge in [0.15, 0.2) is 0 Å². The van der Waals surface area contributed by atoms with Crippen LogP contribution in [0.3, 0.4) is 0 Å². The number of anilines is 1. The summed E-state index contributed by atoms with van der Waals surface area (Å²) in [5.41, 5.74) is 2.91. The average Bonchev–Trinajstić information content (AvgIpc) is 3.07. The molecule has 1 aromatic carbocycles. The van der Waals surface area contributed by atoms with Gasteiger partial charge in [-0.1, -0.05) is 35.9 Å². The van der Waals surface area contributed by atoms with Crippen LogP contribution >= 0.6 is 0 Å². The summed E-state index contributed by atoms with van der Waals surface area (Å²) in [6.45, 7) is 0.991. The number of nitrogens with one attached hydrogen (secondary N) is 2. The average molecular weight is 517 g/mol. The van der Waals surface area contributed by atoms with Crippen molar-refractivity contribution in [1.82, 2.24) is 15.6 Å². The monoisotopic (exact) mass is 516 g/mol. The minimum Gasteiger partial charge on any atom is -0.393 e. The van der Waals surface area contributed by atoms with Crippen molar-refractivity contribution >= 4 is 17.6 Å². The third-order valence-corrected chi connectivity index (χ3v) is 8.03. The number of carbonyl (C=O) groups is 2. The van der Waals surface area contributed by atoms with E-state index in [1.807, 2.05) is 18.2 Å². The molecule has 8 heteroatoms. The number of benzene rings is 1. The Labute approximate surface area is 223 Å². The first-order valence-electron chi connectivity index (χ1n) is 13.6. The van der Waals surface area contributed by atoms with Crippen molar-refractivity contribution in [1.29, 1.82) is 0 Å².